The second-order valence-electron chi connectivity index (χ2n) is 6.50. The molecule has 1 fully saturated rings. The number of aliphatic imine (C=N–C) groups is 1. The van der Waals surface area contributed by atoms with E-state index in [0.717, 1.165) is 50.7 Å². The van der Waals surface area contributed by atoms with Gasteiger partial charge in [-0.1, -0.05) is 18.2 Å². The number of para-hydroxylation sites is 1. The topological polar surface area (TPSA) is 78.4 Å². The van der Waals surface area contributed by atoms with Gasteiger partial charge in [0.05, 0.1) is 33.4 Å². The van der Waals surface area contributed by atoms with Crippen molar-refractivity contribution in [3.63, 3.8) is 0 Å². The normalized spacial score (nSPS) is 14.8. The molecule has 2 N–H and O–H groups in total. The highest BCUT2D eigenvalue weighted by Gasteiger charge is 2.11. The van der Waals surface area contributed by atoms with Crippen LogP contribution in [-0.4, -0.2) is 88.8 Å². The largest absolute Gasteiger partial charge is 0.496 e. The molecule has 9 heteroatoms. The third-order valence-electron chi connectivity index (χ3n) is 4.33. The molecule has 0 aromatic heterocycles. The molecule has 1 aromatic carbocycles. The maximum atomic E-state index is 11.9. The van der Waals surface area contributed by atoms with Gasteiger partial charge in [0.25, 0.3) is 0 Å². The minimum atomic E-state index is -0.00466. The van der Waals surface area contributed by atoms with Gasteiger partial charge in [0.1, 0.15) is 5.75 Å². The number of likely N-dealkylation sites (N-methyl/N-ethyl adjacent to an activating group) is 1. The number of hydrogen-bond acceptors (Lipinski definition) is 5. The van der Waals surface area contributed by atoms with Crippen LogP contribution in [0.4, 0.5) is 0 Å². The van der Waals surface area contributed by atoms with Gasteiger partial charge < -0.3 is 25.0 Å². The van der Waals surface area contributed by atoms with Gasteiger partial charge in [0, 0.05) is 45.8 Å². The molecule has 0 unspecified atom stereocenters. The van der Waals surface area contributed by atoms with Crippen molar-refractivity contribution in [2.24, 2.45) is 4.99 Å². The number of methoxy groups -OCH3 is 1. The van der Waals surface area contributed by atoms with E-state index in [-0.39, 0.29) is 36.4 Å². The van der Waals surface area contributed by atoms with Crippen molar-refractivity contribution in [3.8, 4) is 5.75 Å². The highest BCUT2D eigenvalue weighted by atomic mass is 127. The fraction of sp³-hybridized carbons (Fsp3) is 0.579. The number of carbonyl (C=O) groups excluding carboxylic acids is 1. The van der Waals surface area contributed by atoms with Crippen LogP contribution in [0.2, 0.25) is 0 Å². The third kappa shape index (κ3) is 8.61. The molecule has 1 aliphatic rings. The van der Waals surface area contributed by atoms with Crippen molar-refractivity contribution in [2.75, 3.05) is 67.1 Å². The first-order valence-electron chi connectivity index (χ1n) is 9.24. The molecule has 1 aliphatic heterocycles. The highest BCUT2D eigenvalue weighted by molar-refractivity contribution is 14.0. The fourth-order valence-electron chi connectivity index (χ4n) is 2.65. The van der Waals surface area contributed by atoms with Crippen molar-refractivity contribution in [2.45, 2.75) is 6.54 Å². The summed E-state index contributed by atoms with van der Waals surface area (Å²) in [6.07, 6.45) is 0. The minimum Gasteiger partial charge on any atom is -0.496 e. The van der Waals surface area contributed by atoms with Crippen LogP contribution in [0.25, 0.3) is 0 Å². The summed E-state index contributed by atoms with van der Waals surface area (Å²) in [6.45, 7) is 5.77. The van der Waals surface area contributed by atoms with Gasteiger partial charge >= 0.3 is 0 Å². The van der Waals surface area contributed by atoms with Gasteiger partial charge in [0.15, 0.2) is 5.96 Å². The smallest absolute Gasteiger partial charge is 0.241 e. The number of carbonyl (C=O) groups is 1. The predicted molar refractivity (Wildman–Crippen MR) is 122 cm³/mol. The first kappa shape index (κ1) is 24.4. The number of rotatable bonds is 8. The minimum absolute atomic E-state index is 0. The lowest BCUT2D eigenvalue weighted by Gasteiger charge is -2.26. The monoisotopic (exact) mass is 505 g/mol. The van der Waals surface area contributed by atoms with E-state index in [0.29, 0.717) is 12.5 Å². The Morgan fingerprint density at radius 1 is 1.25 bits per heavy atom. The quantitative estimate of drug-likeness (QED) is 0.309. The van der Waals surface area contributed by atoms with E-state index >= 15 is 0 Å². The highest BCUT2D eigenvalue weighted by Crippen LogP contribution is 2.17. The van der Waals surface area contributed by atoms with E-state index in [1.54, 1.807) is 26.1 Å². The summed E-state index contributed by atoms with van der Waals surface area (Å²) in [5.41, 5.74) is 0.994. The Morgan fingerprint density at radius 3 is 2.64 bits per heavy atom. The van der Waals surface area contributed by atoms with E-state index in [9.17, 15) is 4.79 Å². The molecule has 28 heavy (non-hydrogen) atoms. The SMILES string of the molecule is COc1ccccc1CN=C(NCCN1CCOCC1)NCC(=O)N(C)C.I. The Balaban J connectivity index is 0.00000392. The van der Waals surface area contributed by atoms with Gasteiger partial charge in [-0.2, -0.15) is 0 Å². The Labute approximate surface area is 184 Å². The van der Waals surface area contributed by atoms with Crippen LogP contribution in [-0.2, 0) is 16.1 Å². The van der Waals surface area contributed by atoms with Crippen LogP contribution in [0.5, 0.6) is 5.75 Å². The Hall–Kier alpha value is -1.59. The predicted octanol–water partition coefficient (Wildman–Crippen LogP) is 0.769. The van der Waals surface area contributed by atoms with Crippen molar-refractivity contribution < 1.29 is 14.3 Å². The number of nitrogens with zero attached hydrogens (tertiary/aromatic N) is 3. The van der Waals surface area contributed by atoms with Crippen LogP contribution in [0, 0.1) is 0 Å². The van der Waals surface area contributed by atoms with Gasteiger partial charge in [0.2, 0.25) is 5.91 Å². The molecule has 1 saturated heterocycles. The molecule has 158 valence electrons. The summed E-state index contributed by atoms with van der Waals surface area (Å²) < 4.78 is 10.8. The average Bonchev–Trinajstić information content (AvgIpc) is 2.70. The number of guanidine groups is 1. The Kier molecular flexibility index (Phi) is 11.8. The molecule has 1 aromatic rings. The number of hydrogen-bond donors (Lipinski definition) is 2. The van der Waals surface area contributed by atoms with Gasteiger partial charge in [-0.3, -0.25) is 9.69 Å². The molecular weight excluding hydrogens is 473 g/mol. The Morgan fingerprint density at radius 2 is 1.96 bits per heavy atom. The first-order chi connectivity index (χ1) is 13.1. The molecule has 8 nitrogen and oxygen atoms in total. The lowest BCUT2D eigenvalue weighted by Crippen LogP contribution is -2.46. The number of ether oxygens (including phenoxy) is 2. The zero-order chi connectivity index (χ0) is 19.5. The summed E-state index contributed by atoms with van der Waals surface area (Å²) in [5.74, 6) is 1.41. The molecule has 0 radical (unpaired) electrons. The molecular formula is C19H32IN5O3. The number of nitrogens with one attached hydrogen (secondary N) is 2. The summed E-state index contributed by atoms with van der Waals surface area (Å²) in [4.78, 5) is 20.4. The second-order valence-corrected chi connectivity index (χ2v) is 6.50. The molecule has 0 atom stereocenters. The van der Waals surface area contributed by atoms with Crippen LogP contribution in [0.15, 0.2) is 29.3 Å². The third-order valence-corrected chi connectivity index (χ3v) is 4.33. The molecule has 2 rings (SSSR count). The molecule has 0 aliphatic carbocycles. The average molecular weight is 505 g/mol. The van der Waals surface area contributed by atoms with Crippen LogP contribution >= 0.6 is 24.0 Å². The molecule has 0 spiro atoms. The zero-order valence-corrected chi connectivity index (χ0v) is 19.3. The molecule has 1 heterocycles. The maximum Gasteiger partial charge on any atom is 0.241 e. The second kappa shape index (κ2) is 13.6. The van der Waals surface area contributed by atoms with E-state index in [4.69, 9.17) is 9.47 Å². The van der Waals surface area contributed by atoms with E-state index in [2.05, 4.69) is 20.5 Å². The van der Waals surface area contributed by atoms with Crippen LogP contribution in [0.1, 0.15) is 5.56 Å². The summed E-state index contributed by atoms with van der Waals surface area (Å²) >= 11 is 0. The summed E-state index contributed by atoms with van der Waals surface area (Å²) in [6, 6.07) is 7.79. The van der Waals surface area contributed by atoms with Crippen molar-refractivity contribution in [1.29, 1.82) is 0 Å². The Bertz CT molecular complexity index is 621. The van der Waals surface area contributed by atoms with Gasteiger partial charge in [-0.25, -0.2) is 4.99 Å². The van der Waals surface area contributed by atoms with E-state index in [1.807, 2.05) is 24.3 Å². The van der Waals surface area contributed by atoms with Crippen molar-refractivity contribution >= 4 is 35.8 Å². The van der Waals surface area contributed by atoms with E-state index < -0.39 is 0 Å². The maximum absolute atomic E-state index is 11.9. The van der Waals surface area contributed by atoms with Crippen LogP contribution < -0.4 is 15.4 Å². The summed E-state index contributed by atoms with van der Waals surface area (Å²) in [5, 5.41) is 6.42. The molecule has 0 bridgehead atoms. The van der Waals surface area contributed by atoms with Crippen molar-refractivity contribution in [1.82, 2.24) is 20.4 Å². The fourth-order valence-corrected chi connectivity index (χ4v) is 2.65. The standard InChI is InChI=1S/C19H31N5O3.HI/c1-23(2)18(25)15-22-19(20-8-9-24-10-12-27-13-11-24)21-14-16-6-4-5-7-17(16)26-3;/h4-7H,8-15H2,1-3H3,(H2,20,21,22);1H. The summed E-state index contributed by atoms with van der Waals surface area (Å²) in [7, 11) is 5.13. The number of morpholine rings is 1. The lowest BCUT2D eigenvalue weighted by molar-refractivity contribution is -0.127. The molecule has 1 amide bonds. The molecule has 0 saturated carbocycles. The van der Waals surface area contributed by atoms with Crippen molar-refractivity contribution in [3.05, 3.63) is 29.8 Å². The lowest BCUT2D eigenvalue weighted by atomic mass is 10.2. The van der Waals surface area contributed by atoms with Gasteiger partial charge in [-0.15, -0.1) is 24.0 Å². The number of amides is 1. The number of halogens is 1. The zero-order valence-electron chi connectivity index (χ0n) is 16.9. The first-order valence-corrected chi connectivity index (χ1v) is 9.24. The van der Waals surface area contributed by atoms with Crippen LogP contribution in [0.3, 0.4) is 0 Å². The number of benzene rings is 1. The van der Waals surface area contributed by atoms with Gasteiger partial charge in [-0.05, 0) is 6.07 Å². The van der Waals surface area contributed by atoms with E-state index in [1.165, 1.54) is 0 Å².